The van der Waals surface area contributed by atoms with Crippen LogP contribution in [0.2, 0.25) is 0 Å². The monoisotopic (exact) mass is 274 g/mol. The molecule has 0 saturated carbocycles. The highest BCUT2D eigenvalue weighted by molar-refractivity contribution is 5.30. The molecule has 0 saturated heterocycles. The lowest BCUT2D eigenvalue weighted by Gasteiger charge is -2.08. The van der Waals surface area contributed by atoms with Crippen molar-refractivity contribution in [2.45, 2.75) is 19.8 Å². The van der Waals surface area contributed by atoms with Gasteiger partial charge in [0.15, 0.2) is 0 Å². The first-order chi connectivity index (χ1) is 9.83. The number of imidazole rings is 1. The van der Waals surface area contributed by atoms with Crippen LogP contribution in [0.15, 0.2) is 31.4 Å². The number of ether oxygens (including phenoxy) is 1. The number of rotatable bonds is 8. The second kappa shape index (κ2) is 7.22. The Kier molecular flexibility index (Phi) is 5.05. The second-order valence-corrected chi connectivity index (χ2v) is 4.02. The van der Waals surface area contributed by atoms with E-state index in [9.17, 15) is 0 Å². The van der Waals surface area contributed by atoms with E-state index in [0.717, 1.165) is 19.4 Å². The molecule has 0 unspecified atom stereocenters. The molecule has 0 aliphatic heterocycles. The van der Waals surface area contributed by atoms with E-state index in [1.54, 1.807) is 23.3 Å². The Morgan fingerprint density at radius 1 is 1.40 bits per heavy atom. The summed E-state index contributed by atoms with van der Waals surface area (Å²) in [5.74, 6) is 0.970. The average Bonchev–Trinajstić information content (AvgIpc) is 2.98. The average molecular weight is 274 g/mol. The highest BCUT2D eigenvalue weighted by Gasteiger charge is 2.08. The molecular weight excluding hydrogens is 256 g/mol. The summed E-state index contributed by atoms with van der Waals surface area (Å²) in [6.07, 6.45) is 8.71. The number of allylic oxidation sites excluding steroid dienone is 1. The van der Waals surface area contributed by atoms with Crippen molar-refractivity contribution in [1.29, 1.82) is 0 Å². The topological polar surface area (TPSA) is 77.8 Å². The Hall–Kier alpha value is -2.44. The van der Waals surface area contributed by atoms with Crippen LogP contribution < -0.4 is 10.1 Å². The van der Waals surface area contributed by atoms with Gasteiger partial charge in [0.25, 0.3) is 0 Å². The first kappa shape index (κ1) is 14.0. The zero-order valence-electron chi connectivity index (χ0n) is 11.5. The van der Waals surface area contributed by atoms with Crippen molar-refractivity contribution >= 4 is 5.95 Å². The quantitative estimate of drug-likeness (QED) is 0.584. The van der Waals surface area contributed by atoms with Crippen LogP contribution in [0.1, 0.15) is 19.8 Å². The lowest BCUT2D eigenvalue weighted by Crippen LogP contribution is -2.10. The van der Waals surface area contributed by atoms with Gasteiger partial charge in [0, 0.05) is 18.9 Å². The fourth-order valence-corrected chi connectivity index (χ4v) is 1.53. The van der Waals surface area contributed by atoms with Crippen molar-refractivity contribution in [2.75, 3.05) is 18.5 Å². The third-order valence-electron chi connectivity index (χ3n) is 2.46. The molecule has 7 heteroatoms. The fraction of sp³-hybridized carbons (Fsp3) is 0.385. The summed E-state index contributed by atoms with van der Waals surface area (Å²) in [6.45, 7) is 6.92. The molecule has 0 aliphatic carbocycles. The molecule has 2 rings (SSSR count). The van der Waals surface area contributed by atoms with Gasteiger partial charge in [0.2, 0.25) is 11.9 Å². The molecule has 0 amide bonds. The molecule has 2 aromatic rings. The van der Waals surface area contributed by atoms with Gasteiger partial charge in [-0.2, -0.15) is 15.0 Å². The Bertz CT molecular complexity index is 540. The van der Waals surface area contributed by atoms with Crippen LogP contribution in [0.25, 0.3) is 5.95 Å². The van der Waals surface area contributed by atoms with Crippen molar-refractivity contribution in [3.63, 3.8) is 0 Å². The minimum atomic E-state index is 0.309. The summed E-state index contributed by atoms with van der Waals surface area (Å²) in [5, 5.41) is 3.06. The molecule has 0 aliphatic rings. The summed E-state index contributed by atoms with van der Waals surface area (Å²) in [7, 11) is 0. The highest BCUT2D eigenvalue weighted by atomic mass is 16.5. The van der Waals surface area contributed by atoms with Gasteiger partial charge in [0.05, 0.1) is 6.61 Å². The number of aromatic nitrogens is 5. The van der Waals surface area contributed by atoms with Gasteiger partial charge >= 0.3 is 6.01 Å². The van der Waals surface area contributed by atoms with E-state index < -0.39 is 0 Å². The molecule has 0 radical (unpaired) electrons. The Morgan fingerprint density at radius 2 is 2.30 bits per heavy atom. The van der Waals surface area contributed by atoms with Gasteiger partial charge in [-0.15, -0.1) is 6.58 Å². The zero-order valence-corrected chi connectivity index (χ0v) is 11.5. The minimum absolute atomic E-state index is 0.309. The van der Waals surface area contributed by atoms with Crippen LogP contribution in [0.3, 0.4) is 0 Å². The van der Waals surface area contributed by atoms with E-state index in [1.165, 1.54) is 0 Å². The van der Waals surface area contributed by atoms with E-state index in [2.05, 4.69) is 31.8 Å². The molecule has 0 aromatic carbocycles. The molecule has 0 fully saturated rings. The standard InChI is InChI=1S/C13H18N6O/c1-3-5-6-9-20-13-17-11(15-4-2)16-12(18-13)19-8-7-14-10-19/h3,7-8,10H,1,4-6,9H2,2H3,(H,15,16,17,18). The molecule has 0 bridgehead atoms. The summed E-state index contributed by atoms with van der Waals surface area (Å²) in [5.41, 5.74) is 0. The van der Waals surface area contributed by atoms with Crippen molar-refractivity contribution < 1.29 is 4.74 Å². The molecule has 106 valence electrons. The fourth-order valence-electron chi connectivity index (χ4n) is 1.53. The van der Waals surface area contributed by atoms with Gasteiger partial charge in [-0.1, -0.05) is 6.08 Å². The zero-order chi connectivity index (χ0) is 14.2. The predicted octanol–water partition coefficient (Wildman–Crippen LogP) is 1.83. The van der Waals surface area contributed by atoms with Crippen molar-refractivity contribution in [2.24, 2.45) is 0 Å². The van der Waals surface area contributed by atoms with Crippen molar-refractivity contribution in [1.82, 2.24) is 24.5 Å². The van der Waals surface area contributed by atoms with Crippen molar-refractivity contribution in [3.05, 3.63) is 31.4 Å². The van der Waals surface area contributed by atoms with Crippen LogP contribution >= 0.6 is 0 Å². The van der Waals surface area contributed by atoms with Crippen LogP contribution in [0.5, 0.6) is 6.01 Å². The smallest absolute Gasteiger partial charge is 0.323 e. The maximum Gasteiger partial charge on any atom is 0.323 e. The molecule has 2 aromatic heterocycles. The highest BCUT2D eigenvalue weighted by Crippen LogP contribution is 2.11. The Balaban J connectivity index is 2.15. The summed E-state index contributed by atoms with van der Waals surface area (Å²) in [4.78, 5) is 16.8. The Morgan fingerprint density at radius 3 is 3.00 bits per heavy atom. The molecule has 0 atom stereocenters. The van der Waals surface area contributed by atoms with E-state index in [4.69, 9.17) is 4.74 Å². The summed E-state index contributed by atoms with van der Waals surface area (Å²) >= 11 is 0. The van der Waals surface area contributed by atoms with Crippen LogP contribution in [0.4, 0.5) is 5.95 Å². The summed E-state index contributed by atoms with van der Waals surface area (Å²) < 4.78 is 7.26. The number of hydrogen-bond donors (Lipinski definition) is 1. The van der Waals surface area contributed by atoms with E-state index in [-0.39, 0.29) is 0 Å². The predicted molar refractivity (Wildman–Crippen MR) is 76.0 cm³/mol. The lowest BCUT2D eigenvalue weighted by atomic mass is 10.3. The molecule has 2 heterocycles. The van der Waals surface area contributed by atoms with Gasteiger partial charge in [-0.25, -0.2) is 4.98 Å². The van der Waals surface area contributed by atoms with Gasteiger partial charge in [0.1, 0.15) is 6.33 Å². The first-order valence-electron chi connectivity index (χ1n) is 6.55. The number of nitrogens with one attached hydrogen (secondary N) is 1. The maximum absolute atomic E-state index is 5.55. The van der Waals surface area contributed by atoms with E-state index >= 15 is 0 Å². The lowest BCUT2D eigenvalue weighted by molar-refractivity contribution is 0.287. The minimum Gasteiger partial charge on any atom is -0.463 e. The third-order valence-corrected chi connectivity index (χ3v) is 2.46. The molecule has 7 nitrogen and oxygen atoms in total. The first-order valence-corrected chi connectivity index (χ1v) is 6.55. The molecule has 0 spiro atoms. The number of nitrogens with zero attached hydrogens (tertiary/aromatic N) is 5. The molecular formula is C13H18N6O. The number of anilines is 1. The van der Waals surface area contributed by atoms with Crippen molar-refractivity contribution in [3.8, 4) is 12.0 Å². The van der Waals surface area contributed by atoms with Gasteiger partial charge in [-0.3, -0.25) is 4.57 Å². The maximum atomic E-state index is 5.55. The van der Waals surface area contributed by atoms with Crippen LogP contribution in [0, 0.1) is 0 Å². The van der Waals surface area contributed by atoms with E-state index in [1.807, 2.05) is 13.0 Å². The third kappa shape index (κ3) is 3.78. The van der Waals surface area contributed by atoms with Gasteiger partial charge < -0.3 is 10.1 Å². The summed E-state index contributed by atoms with van der Waals surface area (Å²) in [6, 6.07) is 0.309. The molecule has 1 N–H and O–H groups in total. The van der Waals surface area contributed by atoms with Crippen LogP contribution in [-0.4, -0.2) is 37.7 Å². The van der Waals surface area contributed by atoms with E-state index in [0.29, 0.717) is 24.5 Å². The van der Waals surface area contributed by atoms with Gasteiger partial charge in [-0.05, 0) is 19.8 Å². The normalized spacial score (nSPS) is 10.2. The van der Waals surface area contributed by atoms with Crippen LogP contribution in [-0.2, 0) is 0 Å². The molecule has 20 heavy (non-hydrogen) atoms. The SMILES string of the molecule is C=CCCCOc1nc(NCC)nc(-n2ccnc2)n1. The number of hydrogen-bond acceptors (Lipinski definition) is 6. The number of unbranched alkanes of at least 4 members (excludes halogenated alkanes) is 1. The second-order valence-electron chi connectivity index (χ2n) is 4.02. The largest absolute Gasteiger partial charge is 0.463 e. The Labute approximate surface area is 117 Å².